The molecule has 3 N–H and O–H groups in total. The number of unbranched alkanes of at least 4 members (excludes halogenated alkanes) is 1. The average molecular weight is 379 g/mol. The molecule has 0 saturated heterocycles. The van der Waals surface area contributed by atoms with Crippen molar-refractivity contribution in [3.63, 3.8) is 0 Å². The minimum atomic E-state index is -0.120. The van der Waals surface area contributed by atoms with Gasteiger partial charge in [-0.05, 0) is 41.8 Å². The normalized spacial score (nSPS) is 9.96. The zero-order chi connectivity index (χ0) is 18.1. The van der Waals surface area contributed by atoms with E-state index < -0.39 is 0 Å². The summed E-state index contributed by atoms with van der Waals surface area (Å²) in [6.07, 6.45) is 2.09. The van der Waals surface area contributed by atoms with Gasteiger partial charge in [0.05, 0.1) is 13.7 Å². The van der Waals surface area contributed by atoms with Crippen LogP contribution in [0.5, 0.6) is 11.5 Å². The van der Waals surface area contributed by atoms with E-state index in [4.69, 9.17) is 15.2 Å². The predicted octanol–water partition coefficient (Wildman–Crippen LogP) is 3.68. The van der Waals surface area contributed by atoms with Crippen LogP contribution in [-0.2, 0) is 13.1 Å². The lowest BCUT2D eigenvalue weighted by Gasteiger charge is -2.12. The number of carbonyl (C=O) groups excluding carboxylic acids is 1. The summed E-state index contributed by atoms with van der Waals surface area (Å²) < 4.78 is 11.1. The van der Waals surface area contributed by atoms with Gasteiger partial charge in [0.2, 0.25) is 0 Å². The van der Waals surface area contributed by atoms with Gasteiger partial charge in [0.1, 0.15) is 0 Å². The van der Waals surface area contributed by atoms with Crippen molar-refractivity contribution in [3.8, 4) is 11.5 Å². The highest BCUT2D eigenvalue weighted by Gasteiger charge is 2.08. The first kappa shape index (κ1) is 21.8. The summed E-state index contributed by atoms with van der Waals surface area (Å²) in [6, 6.07) is 13.0. The van der Waals surface area contributed by atoms with Gasteiger partial charge >= 0.3 is 0 Å². The van der Waals surface area contributed by atoms with Crippen molar-refractivity contribution >= 4 is 18.3 Å². The third-order valence-electron chi connectivity index (χ3n) is 3.89. The third kappa shape index (κ3) is 6.24. The Morgan fingerprint density at radius 3 is 2.38 bits per heavy atom. The Bertz CT molecular complexity index is 690. The molecule has 0 aliphatic heterocycles. The van der Waals surface area contributed by atoms with Crippen molar-refractivity contribution in [2.45, 2.75) is 32.9 Å². The van der Waals surface area contributed by atoms with Gasteiger partial charge in [-0.2, -0.15) is 0 Å². The van der Waals surface area contributed by atoms with Crippen molar-refractivity contribution in [1.82, 2.24) is 5.32 Å². The Morgan fingerprint density at radius 1 is 1.08 bits per heavy atom. The maximum atomic E-state index is 12.2. The van der Waals surface area contributed by atoms with Gasteiger partial charge in [-0.15, -0.1) is 12.4 Å². The second kappa shape index (κ2) is 11.4. The molecule has 0 saturated carbocycles. The van der Waals surface area contributed by atoms with Crippen LogP contribution < -0.4 is 20.5 Å². The molecular formula is C20H27ClN2O3. The first-order valence-electron chi connectivity index (χ1n) is 8.54. The van der Waals surface area contributed by atoms with Gasteiger partial charge in [0, 0.05) is 18.7 Å². The lowest BCUT2D eigenvalue weighted by atomic mass is 10.1. The summed E-state index contributed by atoms with van der Waals surface area (Å²) in [5.74, 6) is 1.28. The second-order valence-corrected chi connectivity index (χ2v) is 5.77. The number of hydrogen-bond donors (Lipinski definition) is 2. The van der Waals surface area contributed by atoms with E-state index in [1.807, 2.05) is 30.3 Å². The van der Waals surface area contributed by atoms with Crippen LogP contribution in [-0.4, -0.2) is 19.6 Å². The van der Waals surface area contributed by atoms with Gasteiger partial charge in [0.25, 0.3) is 5.91 Å². The molecule has 0 spiro atoms. The predicted molar refractivity (Wildman–Crippen MR) is 106 cm³/mol. The Labute approximate surface area is 161 Å². The van der Waals surface area contributed by atoms with E-state index in [0.717, 1.165) is 29.7 Å². The molecule has 2 aromatic rings. The highest BCUT2D eigenvalue weighted by atomic mass is 35.5. The molecule has 0 unspecified atom stereocenters. The van der Waals surface area contributed by atoms with Crippen LogP contribution in [0.3, 0.4) is 0 Å². The van der Waals surface area contributed by atoms with Gasteiger partial charge < -0.3 is 20.5 Å². The molecule has 0 atom stereocenters. The van der Waals surface area contributed by atoms with Gasteiger partial charge in [-0.25, -0.2) is 0 Å². The Kier molecular flexibility index (Phi) is 9.55. The third-order valence-corrected chi connectivity index (χ3v) is 3.89. The first-order valence-corrected chi connectivity index (χ1v) is 8.54. The molecule has 0 heterocycles. The van der Waals surface area contributed by atoms with Crippen LogP contribution in [0.1, 0.15) is 41.3 Å². The largest absolute Gasteiger partial charge is 0.493 e. The molecule has 2 rings (SSSR count). The minimum Gasteiger partial charge on any atom is -0.493 e. The van der Waals surface area contributed by atoms with Crippen molar-refractivity contribution < 1.29 is 14.3 Å². The number of halogens is 1. The molecule has 2 aromatic carbocycles. The van der Waals surface area contributed by atoms with E-state index >= 15 is 0 Å². The summed E-state index contributed by atoms with van der Waals surface area (Å²) in [6.45, 7) is 3.68. The van der Waals surface area contributed by atoms with Crippen molar-refractivity contribution in [2.75, 3.05) is 13.7 Å². The average Bonchev–Trinajstić information content (AvgIpc) is 2.67. The maximum absolute atomic E-state index is 12.2. The number of carbonyl (C=O) groups is 1. The van der Waals surface area contributed by atoms with Crippen LogP contribution in [0.4, 0.5) is 0 Å². The van der Waals surface area contributed by atoms with E-state index in [9.17, 15) is 4.79 Å². The zero-order valence-electron chi connectivity index (χ0n) is 15.3. The van der Waals surface area contributed by atoms with E-state index in [-0.39, 0.29) is 18.3 Å². The molecule has 0 radical (unpaired) electrons. The summed E-state index contributed by atoms with van der Waals surface area (Å²) in [5.41, 5.74) is 8.13. The Hall–Kier alpha value is -2.24. The van der Waals surface area contributed by atoms with Crippen LogP contribution in [0.15, 0.2) is 42.5 Å². The summed E-state index contributed by atoms with van der Waals surface area (Å²) >= 11 is 0. The lowest BCUT2D eigenvalue weighted by Crippen LogP contribution is -2.22. The van der Waals surface area contributed by atoms with E-state index in [1.54, 1.807) is 19.2 Å². The van der Waals surface area contributed by atoms with Crippen LogP contribution in [0, 0.1) is 0 Å². The highest BCUT2D eigenvalue weighted by Crippen LogP contribution is 2.28. The van der Waals surface area contributed by atoms with Crippen LogP contribution in [0.25, 0.3) is 0 Å². The van der Waals surface area contributed by atoms with Crippen LogP contribution in [0.2, 0.25) is 0 Å². The number of nitrogens with one attached hydrogen (secondary N) is 1. The number of ether oxygens (including phenoxy) is 2. The Balaban J connectivity index is 0.00000338. The lowest BCUT2D eigenvalue weighted by molar-refractivity contribution is 0.0951. The van der Waals surface area contributed by atoms with E-state index in [2.05, 4.69) is 12.2 Å². The molecular weight excluding hydrogens is 352 g/mol. The first-order chi connectivity index (χ1) is 12.2. The number of hydrogen-bond acceptors (Lipinski definition) is 4. The SMILES string of the molecule is CCCCOc1ccc(CNC(=O)c2ccc(CN)cc2)cc1OC.Cl. The standard InChI is InChI=1S/C20H26N2O3.ClH/c1-3-4-11-25-18-10-7-16(12-19(18)24-2)14-22-20(23)17-8-5-15(13-21)6-9-17;/h5-10,12H,3-4,11,13-14,21H2,1-2H3,(H,22,23);1H. The maximum Gasteiger partial charge on any atom is 0.251 e. The summed E-state index contributed by atoms with van der Waals surface area (Å²) in [7, 11) is 1.61. The van der Waals surface area contributed by atoms with Gasteiger partial charge in [-0.3, -0.25) is 4.79 Å². The second-order valence-electron chi connectivity index (χ2n) is 5.77. The monoisotopic (exact) mass is 378 g/mol. The van der Waals surface area contributed by atoms with Gasteiger partial charge in [-0.1, -0.05) is 31.5 Å². The fourth-order valence-corrected chi connectivity index (χ4v) is 2.34. The molecule has 0 fully saturated rings. The van der Waals surface area contributed by atoms with Crippen LogP contribution >= 0.6 is 12.4 Å². The molecule has 0 aliphatic rings. The quantitative estimate of drug-likeness (QED) is 0.653. The van der Waals surface area contributed by atoms with E-state index in [0.29, 0.717) is 31.0 Å². The zero-order valence-corrected chi connectivity index (χ0v) is 16.1. The minimum absolute atomic E-state index is 0. The Morgan fingerprint density at radius 2 is 1.77 bits per heavy atom. The number of methoxy groups -OCH3 is 1. The molecule has 26 heavy (non-hydrogen) atoms. The number of rotatable bonds is 9. The van der Waals surface area contributed by atoms with Crippen molar-refractivity contribution in [1.29, 1.82) is 0 Å². The fraction of sp³-hybridized carbons (Fsp3) is 0.350. The fourth-order valence-electron chi connectivity index (χ4n) is 2.34. The molecule has 142 valence electrons. The number of benzene rings is 2. The molecule has 0 bridgehead atoms. The molecule has 1 amide bonds. The summed E-state index contributed by atoms with van der Waals surface area (Å²) in [4.78, 5) is 12.2. The van der Waals surface area contributed by atoms with Crippen molar-refractivity contribution in [2.24, 2.45) is 5.73 Å². The van der Waals surface area contributed by atoms with Gasteiger partial charge in [0.15, 0.2) is 11.5 Å². The van der Waals surface area contributed by atoms with E-state index in [1.165, 1.54) is 0 Å². The topological polar surface area (TPSA) is 73.6 Å². The molecule has 0 aliphatic carbocycles. The molecule has 6 heteroatoms. The smallest absolute Gasteiger partial charge is 0.251 e. The molecule has 0 aromatic heterocycles. The molecule has 5 nitrogen and oxygen atoms in total. The summed E-state index contributed by atoms with van der Waals surface area (Å²) in [5, 5.41) is 2.91. The van der Waals surface area contributed by atoms with Crippen molar-refractivity contribution in [3.05, 3.63) is 59.2 Å². The number of nitrogens with two attached hydrogens (primary N) is 1. The number of amides is 1. The highest BCUT2D eigenvalue weighted by molar-refractivity contribution is 5.94.